The highest BCUT2D eigenvalue weighted by Gasteiger charge is 2.49. The van der Waals surface area contributed by atoms with E-state index in [4.69, 9.17) is 9.47 Å². The SMILES string of the molecule is CCOc1cnc2ccccc2c1C(=O)N1C2CCC1C(COc1ccccn1)C2. The molecule has 2 aliphatic heterocycles. The highest BCUT2D eigenvalue weighted by molar-refractivity contribution is 6.08. The topological polar surface area (TPSA) is 64.5 Å². The number of rotatable bonds is 6. The van der Waals surface area contributed by atoms with Crippen molar-refractivity contribution in [1.82, 2.24) is 14.9 Å². The van der Waals surface area contributed by atoms with Crippen LogP contribution in [0.15, 0.2) is 54.9 Å². The van der Waals surface area contributed by atoms with Gasteiger partial charge in [-0.05, 0) is 38.3 Å². The standard InChI is InChI=1S/C24H25N3O3/c1-2-29-21-14-26-19-8-4-3-7-18(19)23(21)24(28)27-17-10-11-20(27)16(13-17)15-30-22-9-5-6-12-25-22/h3-9,12,14,16-17,20H,2,10-11,13,15H2,1H3. The Labute approximate surface area is 175 Å². The highest BCUT2D eigenvalue weighted by atomic mass is 16.5. The lowest BCUT2D eigenvalue weighted by atomic mass is 9.90. The highest BCUT2D eigenvalue weighted by Crippen LogP contribution is 2.44. The van der Waals surface area contributed by atoms with E-state index in [1.54, 1.807) is 12.4 Å². The van der Waals surface area contributed by atoms with Crippen molar-refractivity contribution in [3.05, 3.63) is 60.4 Å². The van der Waals surface area contributed by atoms with Crippen molar-refractivity contribution >= 4 is 16.8 Å². The third-order valence-electron chi connectivity index (χ3n) is 6.24. The van der Waals surface area contributed by atoms with Crippen LogP contribution in [0.5, 0.6) is 11.6 Å². The normalized spacial score (nSPS) is 22.4. The second-order valence-corrected chi connectivity index (χ2v) is 7.93. The number of amides is 1. The molecule has 6 heteroatoms. The molecule has 4 heterocycles. The lowest BCUT2D eigenvalue weighted by molar-refractivity contribution is 0.0708. The molecule has 2 aromatic heterocycles. The first-order valence-electron chi connectivity index (χ1n) is 10.6. The van der Waals surface area contributed by atoms with Crippen molar-refractivity contribution in [2.45, 2.75) is 38.3 Å². The minimum absolute atomic E-state index is 0.0462. The van der Waals surface area contributed by atoms with Gasteiger partial charge in [-0.3, -0.25) is 9.78 Å². The van der Waals surface area contributed by atoms with Gasteiger partial charge in [0.1, 0.15) is 0 Å². The zero-order valence-corrected chi connectivity index (χ0v) is 17.0. The van der Waals surface area contributed by atoms with Gasteiger partial charge < -0.3 is 14.4 Å². The molecule has 3 atom stereocenters. The zero-order chi connectivity index (χ0) is 20.5. The van der Waals surface area contributed by atoms with Gasteiger partial charge in [0, 0.05) is 35.7 Å². The third kappa shape index (κ3) is 3.26. The van der Waals surface area contributed by atoms with Gasteiger partial charge in [-0.2, -0.15) is 0 Å². The van der Waals surface area contributed by atoms with E-state index in [0.717, 1.165) is 30.2 Å². The van der Waals surface area contributed by atoms with Crippen molar-refractivity contribution in [1.29, 1.82) is 0 Å². The molecular weight excluding hydrogens is 378 g/mol. The van der Waals surface area contributed by atoms with E-state index in [1.165, 1.54) is 0 Å². The van der Waals surface area contributed by atoms with Crippen molar-refractivity contribution in [2.24, 2.45) is 5.92 Å². The Hall–Kier alpha value is -3.15. The molecule has 1 aromatic carbocycles. The van der Waals surface area contributed by atoms with Gasteiger partial charge in [-0.1, -0.05) is 24.3 Å². The number of aromatic nitrogens is 2. The lowest BCUT2D eigenvalue weighted by Gasteiger charge is -2.26. The van der Waals surface area contributed by atoms with Crippen LogP contribution >= 0.6 is 0 Å². The summed E-state index contributed by atoms with van der Waals surface area (Å²) in [4.78, 5) is 24.6. The van der Waals surface area contributed by atoms with E-state index in [0.29, 0.717) is 36.3 Å². The number of ether oxygens (including phenoxy) is 2. The number of carbonyl (C=O) groups excluding carboxylic acids is 1. The van der Waals surface area contributed by atoms with Crippen LogP contribution in [0.4, 0.5) is 0 Å². The number of para-hydroxylation sites is 1. The summed E-state index contributed by atoms with van der Waals surface area (Å²) < 4.78 is 11.7. The Balaban J connectivity index is 1.42. The van der Waals surface area contributed by atoms with E-state index in [-0.39, 0.29) is 18.0 Å². The lowest BCUT2D eigenvalue weighted by Crippen LogP contribution is -2.37. The van der Waals surface area contributed by atoms with Crippen molar-refractivity contribution < 1.29 is 14.3 Å². The number of carbonyl (C=O) groups is 1. The van der Waals surface area contributed by atoms with Crippen LogP contribution in [-0.2, 0) is 0 Å². The van der Waals surface area contributed by atoms with Crippen LogP contribution < -0.4 is 9.47 Å². The van der Waals surface area contributed by atoms with Gasteiger partial charge in [0.15, 0.2) is 5.75 Å². The average molecular weight is 403 g/mol. The Kier molecular flexibility index (Phi) is 4.99. The van der Waals surface area contributed by atoms with Crippen molar-refractivity contribution in [2.75, 3.05) is 13.2 Å². The summed E-state index contributed by atoms with van der Waals surface area (Å²) in [6.07, 6.45) is 6.44. The summed E-state index contributed by atoms with van der Waals surface area (Å²) in [6.45, 7) is 3.00. The Morgan fingerprint density at radius 3 is 2.80 bits per heavy atom. The molecule has 30 heavy (non-hydrogen) atoms. The first kappa shape index (κ1) is 18.9. The molecule has 0 spiro atoms. The van der Waals surface area contributed by atoms with Crippen molar-refractivity contribution in [3.8, 4) is 11.6 Å². The molecule has 154 valence electrons. The maximum Gasteiger partial charge on any atom is 0.258 e. The summed E-state index contributed by atoms with van der Waals surface area (Å²) in [5.41, 5.74) is 1.44. The summed E-state index contributed by atoms with van der Waals surface area (Å²) in [5, 5.41) is 0.848. The molecule has 2 saturated heterocycles. The fourth-order valence-electron chi connectivity index (χ4n) is 4.97. The van der Waals surface area contributed by atoms with Gasteiger partial charge >= 0.3 is 0 Å². The number of pyridine rings is 2. The predicted molar refractivity (Wildman–Crippen MR) is 114 cm³/mol. The number of fused-ring (bicyclic) bond motifs is 3. The average Bonchev–Trinajstić information content (AvgIpc) is 3.36. The maximum atomic E-state index is 13.8. The van der Waals surface area contributed by atoms with Gasteiger partial charge in [0.2, 0.25) is 5.88 Å². The molecular formula is C24H25N3O3. The van der Waals surface area contributed by atoms with Crippen LogP contribution in [0, 0.1) is 5.92 Å². The smallest absolute Gasteiger partial charge is 0.258 e. The van der Waals surface area contributed by atoms with Crippen LogP contribution in [0.2, 0.25) is 0 Å². The first-order valence-corrected chi connectivity index (χ1v) is 10.6. The minimum atomic E-state index is 0.0462. The molecule has 0 N–H and O–H groups in total. The number of hydrogen-bond acceptors (Lipinski definition) is 5. The fraction of sp³-hybridized carbons (Fsp3) is 0.375. The number of hydrogen-bond donors (Lipinski definition) is 0. The summed E-state index contributed by atoms with van der Waals surface area (Å²) in [6, 6.07) is 13.9. The molecule has 1 amide bonds. The molecule has 3 aromatic rings. The van der Waals surface area contributed by atoms with Crippen LogP contribution in [0.3, 0.4) is 0 Å². The Morgan fingerprint density at radius 2 is 1.97 bits per heavy atom. The van der Waals surface area contributed by atoms with E-state index >= 15 is 0 Å². The number of benzene rings is 1. The van der Waals surface area contributed by atoms with Crippen molar-refractivity contribution in [3.63, 3.8) is 0 Å². The van der Waals surface area contributed by atoms with Gasteiger partial charge in [0.25, 0.3) is 5.91 Å². The summed E-state index contributed by atoms with van der Waals surface area (Å²) in [7, 11) is 0. The predicted octanol–water partition coefficient (Wildman–Crippen LogP) is 4.10. The van der Waals surface area contributed by atoms with E-state index in [9.17, 15) is 4.79 Å². The molecule has 5 rings (SSSR count). The fourth-order valence-corrected chi connectivity index (χ4v) is 4.97. The Bertz CT molecular complexity index is 1060. The second-order valence-electron chi connectivity index (χ2n) is 7.93. The van der Waals surface area contributed by atoms with Crippen LogP contribution in [0.1, 0.15) is 36.5 Å². The first-order chi connectivity index (χ1) is 14.8. The van der Waals surface area contributed by atoms with Crippen LogP contribution in [-0.4, -0.2) is 46.1 Å². The molecule has 6 nitrogen and oxygen atoms in total. The zero-order valence-electron chi connectivity index (χ0n) is 17.0. The second kappa shape index (κ2) is 7.94. The third-order valence-corrected chi connectivity index (χ3v) is 6.24. The van der Waals surface area contributed by atoms with Gasteiger partial charge in [-0.15, -0.1) is 0 Å². The Morgan fingerprint density at radius 1 is 1.10 bits per heavy atom. The monoisotopic (exact) mass is 403 g/mol. The minimum Gasteiger partial charge on any atom is -0.491 e. The summed E-state index contributed by atoms with van der Waals surface area (Å²) in [5.74, 6) is 1.56. The largest absolute Gasteiger partial charge is 0.491 e. The van der Waals surface area contributed by atoms with Gasteiger partial charge in [-0.25, -0.2) is 4.98 Å². The number of nitrogens with zero attached hydrogens (tertiary/aromatic N) is 3. The quantitative estimate of drug-likeness (QED) is 0.620. The van der Waals surface area contributed by atoms with Crippen LogP contribution in [0.25, 0.3) is 10.9 Å². The molecule has 0 saturated carbocycles. The molecule has 2 fully saturated rings. The molecule has 2 aliphatic rings. The van der Waals surface area contributed by atoms with E-state index in [1.807, 2.05) is 49.4 Å². The van der Waals surface area contributed by atoms with Gasteiger partial charge in [0.05, 0.1) is 30.5 Å². The maximum absolute atomic E-state index is 13.8. The summed E-state index contributed by atoms with van der Waals surface area (Å²) >= 11 is 0. The molecule has 2 bridgehead atoms. The molecule has 0 aliphatic carbocycles. The van der Waals surface area contributed by atoms with E-state index < -0.39 is 0 Å². The van der Waals surface area contributed by atoms with E-state index in [2.05, 4.69) is 14.9 Å². The molecule has 0 radical (unpaired) electrons. The molecule has 3 unspecified atom stereocenters.